The minimum atomic E-state index is -1.75. The fraction of sp³-hybridized carbons (Fsp3) is 0.600. The van der Waals surface area contributed by atoms with Crippen molar-refractivity contribution < 1.29 is 8.76 Å². The molecule has 1 N–H and O–H groups in total. The highest BCUT2D eigenvalue weighted by molar-refractivity contribution is 7.82. The Hall–Kier alpha value is -0.150. The van der Waals surface area contributed by atoms with Crippen LogP contribution in [0.3, 0.4) is 0 Å². The second kappa shape index (κ2) is 5.00. The van der Waals surface area contributed by atoms with Crippen LogP contribution in [-0.4, -0.2) is 8.76 Å². The van der Waals surface area contributed by atoms with Gasteiger partial charge in [0, 0.05) is 5.41 Å². The van der Waals surface area contributed by atoms with Gasteiger partial charge in [-0.2, -0.15) is 0 Å². The van der Waals surface area contributed by atoms with Gasteiger partial charge in [-0.05, 0) is 6.42 Å². The summed E-state index contributed by atoms with van der Waals surface area (Å²) in [5.74, 6) is 0. The van der Waals surface area contributed by atoms with Crippen molar-refractivity contribution in [3.05, 3.63) is 11.5 Å². The summed E-state index contributed by atoms with van der Waals surface area (Å²) in [5.41, 5.74) is 0. The Kier molecular flexibility index (Phi) is 4.90. The molecule has 0 aliphatic rings. The van der Waals surface area contributed by atoms with E-state index in [-0.39, 0.29) is 0 Å². The molecule has 0 amide bonds. The number of allylic oxidation sites excluding steroid dienone is 1. The summed E-state index contributed by atoms with van der Waals surface area (Å²) in [6, 6.07) is 0. The van der Waals surface area contributed by atoms with E-state index in [1.807, 2.05) is 6.92 Å². The highest BCUT2D eigenvalue weighted by Gasteiger charge is 1.77. The van der Waals surface area contributed by atoms with E-state index in [4.69, 9.17) is 4.55 Å². The molecule has 0 radical (unpaired) electrons. The molecule has 8 heavy (non-hydrogen) atoms. The SMILES string of the molecule is CCCC=CS(=O)O. The smallest absolute Gasteiger partial charge is 0.178 e. The van der Waals surface area contributed by atoms with Gasteiger partial charge in [-0.15, -0.1) is 0 Å². The van der Waals surface area contributed by atoms with E-state index in [1.54, 1.807) is 6.08 Å². The number of unbranched alkanes of at least 4 members (excludes halogenated alkanes) is 1. The monoisotopic (exact) mass is 134 g/mol. The van der Waals surface area contributed by atoms with E-state index in [2.05, 4.69) is 0 Å². The van der Waals surface area contributed by atoms with Gasteiger partial charge < -0.3 is 4.55 Å². The first-order valence-corrected chi connectivity index (χ1v) is 3.70. The van der Waals surface area contributed by atoms with Crippen LogP contribution in [0, 0.1) is 0 Å². The lowest BCUT2D eigenvalue weighted by atomic mass is 10.3. The lowest BCUT2D eigenvalue weighted by Gasteiger charge is -1.80. The molecule has 0 spiro atoms. The van der Waals surface area contributed by atoms with Crippen molar-refractivity contribution in [3.8, 4) is 0 Å². The maximum Gasteiger partial charge on any atom is 0.178 e. The third kappa shape index (κ3) is 5.85. The highest BCUT2D eigenvalue weighted by Crippen LogP contribution is 1.88. The predicted molar refractivity (Wildman–Crippen MR) is 34.8 cm³/mol. The van der Waals surface area contributed by atoms with Gasteiger partial charge in [0.05, 0.1) is 0 Å². The first-order valence-electron chi connectivity index (χ1n) is 2.53. The van der Waals surface area contributed by atoms with E-state index >= 15 is 0 Å². The van der Waals surface area contributed by atoms with Crippen molar-refractivity contribution >= 4 is 11.1 Å². The molecule has 48 valence electrons. The van der Waals surface area contributed by atoms with Gasteiger partial charge in [0.25, 0.3) is 0 Å². The van der Waals surface area contributed by atoms with Crippen molar-refractivity contribution in [1.82, 2.24) is 0 Å². The Bertz CT molecular complexity index is 98.6. The van der Waals surface area contributed by atoms with Crippen LogP contribution in [0.4, 0.5) is 0 Å². The lowest BCUT2D eigenvalue weighted by molar-refractivity contribution is 0.574. The van der Waals surface area contributed by atoms with Gasteiger partial charge in [-0.25, -0.2) is 4.21 Å². The van der Waals surface area contributed by atoms with Crippen LogP contribution in [-0.2, 0) is 11.1 Å². The molecular weight excluding hydrogens is 124 g/mol. The first-order chi connectivity index (χ1) is 3.77. The molecule has 0 saturated heterocycles. The molecule has 0 bridgehead atoms. The van der Waals surface area contributed by atoms with Crippen molar-refractivity contribution in [1.29, 1.82) is 0 Å². The summed E-state index contributed by atoms with van der Waals surface area (Å²) in [6.07, 6.45) is 3.61. The highest BCUT2D eigenvalue weighted by atomic mass is 32.2. The topological polar surface area (TPSA) is 37.3 Å². The van der Waals surface area contributed by atoms with E-state index in [0.29, 0.717) is 0 Å². The summed E-state index contributed by atoms with van der Waals surface area (Å²) < 4.78 is 18.1. The van der Waals surface area contributed by atoms with Crippen molar-refractivity contribution in [2.24, 2.45) is 0 Å². The minimum absolute atomic E-state index is 0.881. The zero-order valence-corrected chi connectivity index (χ0v) is 5.65. The molecule has 1 unspecified atom stereocenters. The van der Waals surface area contributed by atoms with Crippen molar-refractivity contribution in [3.63, 3.8) is 0 Å². The fourth-order valence-corrected chi connectivity index (χ4v) is 0.618. The minimum Gasteiger partial charge on any atom is -0.303 e. The number of hydrogen-bond donors (Lipinski definition) is 1. The van der Waals surface area contributed by atoms with Crippen LogP contribution in [0.2, 0.25) is 0 Å². The summed E-state index contributed by atoms with van der Waals surface area (Å²) in [7, 11) is 0. The van der Waals surface area contributed by atoms with Gasteiger partial charge in [0.1, 0.15) is 0 Å². The zero-order valence-electron chi connectivity index (χ0n) is 4.83. The summed E-state index contributed by atoms with van der Waals surface area (Å²) in [6.45, 7) is 2.02. The Labute approximate surface area is 51.9 Å². The molecule has 1 atom stereocenters. The van der Waals surface area contributed by atoms with Gasteiger partial charge in [-0.3, -0.25) is 0 Å². The second-order valence-electron chi connectivity index (χ2n) is 1.44. The molecular formula is C5H10O2S. The molecule has 0 rings (SSSR count). The average molecular weight is 134 g/mol. The molecule has 0 aliphatic heterocycles. The molecule has 0 aromatic rings. The Morgan fingerprint density at radius 2 is 2.38 bits per heavy atom. The Morgan fingerprint density at radius 1 is 1.75 bits per heavy atom. The second-order valence-corrected chi connectivity index (χ2v) is 2.26. The van der Waals surface area contributed by atoms with Crippen LogP contribution in [0.1, 0.15) is 19.8 Å². The van der Waals surface area contributed by atoms with Gasteiger partial charge in [0.15, 0.2) is 11.1 Å². The van der Waals surface area contributed by atoms with Gasteiger partial charge in [-0.1, -0.05) is 19.4 Å². The molecule has 0 fully saturated rings. The number of hydrogen-bond acceptors (Lipinski definition) is 1. The molecule has 0 aromatic heterocycles. The van der Waals surface area contributed by atoms with Crippen LogP contribution in [0.5, 0.6) is 0 Å². The first kappa shape index (κ1) is 7.85. The maximum absolute atomic E-state index is 9.90. The average Bonchev–Trinajstić information content (AvgIpc) is 1.66. The number of rotatable bonds is 3. The third-order valence-electron chi connectivity index (χ3n) is 0.668. The zero-order chi connectivity index (χ0) is 6.41. The molecule has 0 aliphatic carbocycles. The van der Waals surface area contributed by atoms with Crippen molar-refractivity contribution in [2.45, 2.75) is 19.8 Å². The quantitative estimate of drug-likeness (QED) is 0.594. The largest absolute Gasteiger partial charge is 0.303 e. The molecule has 3 heteroatoms. The van der Waals surface area contributed by atoms with Crippen LogP contribution < -0.4 is 0 Å². The van der Waals surface area contributed by atoms with Gasteiger partial charge in [0.2, 0.25) is 0 Å². The summed E-state index contributed by atoms with van der Waals surface area (Å²) >= 11 is -1.75. The van der Waals surface area contributed by atoms with Crippen LogP contribution in [0.25, 0.3) is 0 Å². The van der Waals surface area contributed by atoms with Crippen LogP contribution in [0.15, 0.2) is 11.5 Å². The standard InChI is InChI=1S/C5H10O2S/c1-2-3-4-5-8(6)7/h4-5H,2-3H2,1H3,(H,6,7). The molecule has 0 aromatic carbocycles. The van der Waals surface area contributed by atoms with E-state index in [1.165, 1.54) is 5.41 Å². The van der Waals surface area contributed by atoms with E-state index in [0.717, 1.165) is 12.8 Å². The Balaban J connectivity index is 3.20. The van der Waals surface area contributed by atoms with Crippen LogP contribution >= 0.6 is 0 Å². The third-order valence-corrected chi connectivity index (χ3v) is 1.09. The summed E-state index contributed by atoms with van der Waals surface area (Å²) in [4.78, 5) is 0. The summed E-state index contributed by atoms with van der Waals surface area (Å²) in [5, 5.41) is 1.28. The lowest BCUT2D eigenvalue weighted by Crippen LogP contribution is -1.75. The Morgan fingerprint density at radius 3 is 2.75 bits per heavy atom. The molecule has 0 heterocycles. The van der Waals surface area contributed by atoms with Crippen molar-refractivity contribution in [2.75, 3.05) is 0 Å². The van der Waals surface area contributed by atoms with Gasteiger partial charge >= 0.3 is 0 Å². The van der Waals surface area contributed by atoms with E-state index in [9.17, 15) is 4.21 Å². The molecule has 2 nitrogen and oxygen atoms in total. The maximum atomic E-state index is 9.90. The fourth-order valence-electron chi connectivity index (χ4n) is 0.317. The normalized spacial score (nSPS) is 14.8. The predicted octanol–water partition coefficient (Wildman–Crippen LogP) is 1.52. The molecule has 0 saturated carbocycles. The van der Waals surface area contributed by atoms with E-state index < -0.39 is 11.1 Å².